The summed E-state index contributed by atoms with van der Waals surface area (Å²) in [5.41, 5.74) is 0.952. The number of fused-ring (bicyclic) bond motifs is 1. The Morgan fingerprint density at radius 1 is 1.15 bits per heavy atom. The van der Waals surface area contributed by atoms with Crippen molar-refractivity contribution in [2.45, 2.75) is 12.8 Å². The number of hydrogen-bond donors (Lipinski definition) is 0. The van der Waals surface area contributed by atoms with Crippen LogP contribution in [0.25, 0.3) is 0 Å². The van der Waals surface area contributed by atoms with Gasteiger partial charge in [0.1, 0.15) is 5.75 Å². The molecule has 0 saturated carbocycles. The number of carbonyl (C=O) groups excluding carboxylic acids is 2. The van der Waals surface area contributed by atoms with Gasteiger partial charge < -0.3 is 14.4 Å². The summed E-state index contributed by atoms with van der Waals surface area (Å²) in [6.45, 7) is 0.364. The number of benzene rings is 2. The lowest BCUT2D eigenvalue weighted by Crippen LogP contribution is -2.31. The van der Waals surface area contributed by atoms with E-state index in [2.05, 4.69) is 0 Å². The van der Waals surface area contributed by atoms with Crippen molar-refractivity contribution >= 4 is 23.1 Å². The van der Waals surface area contributed by atoms with Crippen LogP contribution < -0.4 is 14.4 Å². The molecule has 27 heavy (non-hydrogen) atoms. The second kappa shape index (κ2) is 7.45. The van der Waals surface area contributed by atoms with Gasteiger partial charge in [0.2, 0.25) is 0 Å². The fraction of sp³-hybridized carbons (Fsp3) is 0.263. The predicted molar refractivity (Wildman–Crippen MR) is 97.9 cm³/mol. The summed E-state index contributed by atoms with van der Waals surface area (Å²) in [6, 6.07) is 8.96. The van der Waals surface area contributed by atoms with Gasteiger partial charge >= 0.3 is 5.69 Å². The van der Waals surface area contributed by atoms with Crippen molar-refractivity contribution in [2.75, 3.05) is 25.7 Å². The zero-order chi connectivity index (χ0) is 19.6. The third-order valence-corrected chi connectivity index (χ3v) is 4.45. The number of rotatable bonds is 4. The van der Waals surface area contributed by atoms with E-state index >= 15 is 0 Å². The third-order valence-electron chi connectivity index (χ3n) is 4.45. The first-order chi connectivity index (χ1) is 13.0. The van der Waals surface area contributed by atoms with Crippen molar-refractivity contribution in [3.05, 3.63) is 57.6 Å². The fourth-order valence-electron chi connectivity index (χ4n) is 3.08. The van der Waals surface area contributed by atoms with Crippen LogP contribution in [0, 0.1) is 10.1 Å². The average Bonchev–Trinajstić information content (AvgIpc) is 2.85. The minimum absolute atomic E-state index is 0.00621. The standard InChI is InChI=1S/C19H18N2O6/c1-26-13-6-8-15-14(11-13)17(22)4-3-9-20(15)19(23)12-5-7-16(21(24)25)18(10-12)27-2/h5-8,10-11H,3-4,9H2,1-2H3. The molecule has 0 fully saturated rings. The smallest absolute Gasteiger partial charge is 0.310 e. The van der Waals surface area contributed by atoms with Crippen molar-refractivity contribution in [3.63, 3.8) is 0 Å². The molecule has 0 bridgehead atoms. The lowest BCUT2D eigenvalue weighted by molar-refractivity contribution is -0.385. The molecule has 2 aromatic carbocycles. The van der Waals surface area contributed by atoms with Gasteiger partial charge in [-0.3, -0.25) is 19.7 Å². The van der Waals surface area contributed by atoms with E-state index in [9.17, 15) is 19.7 Å². The SMILES string of the molecule is COc1ccc2c(c1)C(=O)CCCN2C(=O)c1ccc([N+](=O)[O-])c(OC)c1. The molecule has 0 spiro atoms. The topological polar surface area (TPSA) is 99.0 Å². The van der Waals surface area contributed by atoms with Crippen molar-refractivity contribution in [2.24, 2.45) is 0 Å². The molecule has 1 aliphatic rings. The molecule has 3 rings (SSSR count). The average molecular weight is 370 g/mol. The molecule has 8 nitrogen and oxygen atoms in total. The molecule has 2 aromatic rings. The Morgan fingerprint density at radius 3 is 2.59 bits per heavy atom. The van der Waals surface area contributed by atoms with Crippen molar-refractivity contribution in [3.8, 4) is 11.5 Å². The van der Waals surface area contributed by atoms with Gasteiger partial charge in [-0.15, -0.1) is 0 Å². The van der Waals surface area contributed by atoms with Crippen LogP contribution in [0.3, 0.4) is 0 Å². The first-order valence-corrected chi connectivity index (χ1v) is 8.31. The van der Waals surface area contributed by atoms with Gasteiger partial charge in [0, 0.05) is 36.2 Å². The summed E-state index contributed by atoms with van der Waals surface area (Å²) in [5.74, 6) is 0.130. The first kappa shape index (κ1) is 18.4. The first-order valence-electron chi connectivity index (χ1n) is 8.31. The largest absolute Gasteiger partial charge is 0.497 e. The highest BCUT2D eigenvalue weighted by Crippen LogP contribution is 2.33. The number of ether oxygens (including phenoxy) is 2. The Bertz CT molecular complexity index is 924. The molecule has 0 N–H and O–H groups in total. The van der Waals surface area contributed by atoms with E-state index < -0.39 is 4.92 Å². The highest BCUT2D eigenvalue weighted by atomic mass is 16.6. The van der Waals surface area contributed by atoms with Crippen LogP contribution in [0.4, 0.5) is 11.4 Å². The molecular weight excluding hydrogens is 352 g/mol. The summed E-state index contributed by atoms with van der Waals surface area (Å²) in [5, 5.41) is 11.0. The van der Waals surface area contributed by atoms with E-state index in [0.717, 1.165) is 0 Å². The lowest BCUT2D eigenvalue weighted by Gasteiger charge is -2.23. The summed E-state index contributed by atoms with van der Waals surface area (Å²) < 4.78 is 10.2. The Labute approximate surface area is 155 Å². The zero-order valence-corrected chi connectivity index (χ0v) is 14.9. The molecule has 1 heterocycles. The van der Waals surface area contributed by atoms with Crippen LogP contribution in [0.1, 0.15) is 33.6 Å². The maximum Gasteiger partial charge on any atom is 0.310 e. The Morgan fingerprint density at radius 2 is 1.93 bits per heavy atom. The lowest BCUT2D eigenvalue weighted by atomic mass is 10.1. The monoisotopic (exact) mass is 370 g/mol. The Kier molecular flexibility index (Phi) is 5.07. The van der Waals surface area contributed by atoms with Crippen molar-refractivity contribution in [1.82, 2.24) is 0 Å². The number of ketones is 1. The Hall–Kier alpha value is -3.42. The van der Waals surface area contributed by atoms with Gasteiger partial charge in [0.05, 0.1) is 24.8 Å². The van der Waals surface area contributed by atoms with E-state index in [-0.39, 0.29) is 28.7 Å². The Balaban J connectivity index is 2.03. The number of methoxy groups -OCH3 is 2. The maximum absolute atomic E-state index is 13.1. The van der Waals surface area contributed by atoms with Crippen LogP contribution in [0.15, 0.2) is 36.4 Å². The van der Waals surface area contributed by atoms with Gasteiger partial charge in [-0.2, -0.15) is 0 Å². The number of nitro groups is 1. The number of anilines is 1. The number of carbonyl (C=O) groups is 2. The van der Waals surface area contributed by atoms with Crippen LogP contribution in [-0.2, 0) is 0 Å². The summed E-state index contributed by atoms with van der Waals surface area (Å²) in [4.78, 5) is 37.5. The molecule has 1 aliphatic heterocycles. The van der Waals surface area contributed by atoms with Gasteiger partial charge in [0.15, 0.2) is 11.5 Å². The van der Waals surface area contributed by atoms with E-state index in [0.29, 0.717) is 36.4 Å². The van der Waals surface area contributed by atoms with Crippen LogP contribution in [0.2, 0.25) is 0 Å². The van der Waals surface area contributed by atoms with Crippen molar-refractivity contribution < 1.29 is 24.0 Å². The van der Waals surface area contributed by atoms with E-state index in [1.165, 1.54) is 37.3 Å². The highest BCUT2D eigenvalue weighted by Gasteiger charge is 2.27. The number of nitro benzene ring substituents is 1. The van der Waals surface area contributed by atoms with Gasteiger partial charge in [-0.1, -0.05) is 0 Å². The molecule has 0 unspecified atom stereocenters. The molecule has 0 aliphatic carbocycles. The zero-order valence-electron chi connectivity index (χ0n) is 14.9. The quantitative estimate of drug-likeness (QED) is 0.605. The molecule has 140 valence electrons. The third kappa shape index (κ3) is 3.46. The molecule has 0 radical (unpaired) electrons. The molecule has 0 atom stereocenters. The van der Waals surface area contributed by atoms with Gasteiger partial charge in [-0.25, -0.2) is 0 Å². The summed E-state index contributed by atoms with van der Waals surface area (Å²) in [6.07, 6.45) is 0.846. The van der Waals surface area contributed by atoms with Gasteiger partial charge in [0.25, 0.3) is 5.91 Å². The predicted octanol–water partition coefficient (Wildman–Crippen LogP) is 3.24. The minimum atomic E-state index is -0.570. The maximum atomic E-state index is 13.1. The molecule has 0 saturated heterocycles. The molecule has 1 amide bonds. The van der Waals surface area contributed by atoms with Crippen LogP contribution in [-0.4, -0.2) is 37.4 Å². The van der Waals surface area contributed by atoms with Crippen LogP contribution in [0.5, 0.6) is 11.5 Å². The number of amides is 1. The van der Waals surface area contributed by atoms with E-state index in [1.54, 1.807) is 18.2 Å². The second-order valence-corrected chi connectivity index (χ2v) is 6.01. The highest BCUT2D eigenvalue weighted by molar-refractivity contribution is 6.12. The molecule has 8 heteroatoms. The normalized spacial score (nSPS) is 13.6. The minimum Gasteiger partial charge on any atom is -0.497 e. The molecular formula is C19H18N2O6. The summed E-state index contributed by atoms with van der Waals surface area (Å²) >= 11 is 0. The van der Waals surface area contributed by atoms with E-state index in [1.807, 2.05) is 0 Å². The number of Topliss-reactive ketones (excluding diaryl/α,β-unsaturated/α-hetero) is 1. The summed E-state index contributed by atoms with van der Waals surface area (Å²) in [7, 11) is 2.82. The number of hydrogen-bond acceptors (Lipinski definition) is 6. The second-order valence-electron chi connectivity index (χ2n) is 6.01. The van der Waals surface area contributed by atoms with Gasteiger partial charge in [-0.05, 0) is 30.7 Å². The van der Waals surface area contributed by atoms with Crippen molar-refractivity contribution in [1.29, 1.82) is 0 Å². The van der Waals surface area contributed by atoms with Crippen LogP contribution >= 0.6 is 0 Å². The fourth-order valence-corrected chi connectivity index (χ4v) is 3.08. The number of nitrogens with zero attached hydrogens (tertiary/aromatic N) is 2. The van der Waals surface area contributed by atoms with E-state index in [4.69, 9.17) is 9.47 Å². The molecule has 0 aromatic heterocycles.